The number of hydrogen-bond donors (Lipinski definition) is 2. The number of hydrogen-bond acceptors (Lipinski definition) is 7. The molecule has 33 heavy (non-hydrogen) atoms. The molecule has 3 rings (SSSR count). The van der Waals surface area contributed by atoms with Crippen molar-refractivity contribution in [3.8, 4) is 0 Å². The zero-order valence-electron chi connectivity index (χ0n) is 19.1. The van der Waals surface area contributed by atoms with Crippen LogP contribution in [0.1, 0.15) is 33.0 Å². The number of nitrogens with two attached hydrogens (primary N) is 1. The van der Waals surface area contributed by atoms with Gasteiger partial charge in [0.25, 0.3) is 11.5 Å². The lowest BCUT2D eigenvalue weighted by Gasteiger charge is -2.22. The Labute approximate surface area is 195 Å². The number of methoxy groups -OCH3 is 1. The highest BCUT2D eigenvalue weighted by molar-refractivity contribution is 8.00. The summed E-state index contributed by atoms with van der Waals surface area (Å²) in [7, 11) is 1.55. The largest absolute Gasteiger partial charge is 0.383 e. The Morgan fingerprint density at radius 1 is 1.15 bits per heavy atom. The molecule has 0 bridgehead atoms. The predicted molar refractivity (Wildman–Crippen MR) is 127 cm³/mol. The van der Waals surface area contributed by atoms with Gasteiger partial charge >= 0.3 is 0 Å². The standard InChI is InChI=1S/C23H27N5O4S/c1-13-14(2)20(21(24)30)23(25-15(13)3)33-12-19(29)28(9-10-32-4)11-18-26-17-8-6-5-7-16(17)22(31)27-18/h5-8H,9-12H2,1-4H3,(H2,24,30)(H,26,27,31). The third-order valence-electron chi connectivity index (χ3n) is 5.46. The van der Waals surface area contributed by atoms with E-state index in [1.807, 2.05) is 20.8 Å². The van der Waals surface area contributed by atoms with Gasteiger partial charge in [-0.1, -0.05) is 23.9 Å². The highest BCUT2D eigenvalue weighted by Gasteiger charge is 2.21. The molecule has 2 heterocycles. The molecule has 0 unspecified atom stereocenters. The van der Waals surface area contributed by atoms with Gasteiger partial charge in [0.1, 0.15) is 10.9 Å². The molecule has 0 fully saturated rings. The van der Waals surface area contributed by atoms with Crippen LogP contribution in [0, 0.1) is 20.8 Å². The van der Waals surface area contributed by atoms with E-state index in [4.69, 9.17) is 10.5 Å². The summed E-state index contributed by atoms with van der Waals surface area (Å²) >= 11 is 1.16. The maximum Gasteiger partial charge on any atom is 0.258 e. The Morgan fingerprint density at radius 2 is 1.88 bits per heavy atom. The first-order valence-electron chi connectivity index (χ1n) is 10.4. The second-order valence-electron chi connectivity index (χ2n) is 7.62. The molecule has 10 heteroatoms. The smallest absolute Gasteiger partial charge is 0.258 e. The number of thioether (sulfide) groups is 1. The Balaban J connectivity index is 1.82. The number of nitrogens with one attached hydrogen (secondary N) is 1. The van der Waals surface area contributed by atoms with Gasteiger partial charge < -0.3 is 20.4 Å². The molecule has 3 N–H and O–H groups in total. The van der Waals surface area contributed by atoms with E-state index in [1.54, 1.807) is 36.3 Å². The number of fused-ring (bicyclic) bond motifs is 1. The SMILES string of the molecule is COCCN(Cc1nc2ccccc2c(=O)[nH]1)C(=O)CSc1nc(C)c(C)c(C)c1C(N)=O. The van der Waals surface area contributed by atoms with Gasteiger partial charge in [-0.2, -0.15) is 0 Å². The van der Waals surface area contributed by atoms with Crippen LogP contribution >= 0.6 is 11.8 Å². The number of aromatic amines is 1. The number of pyridine rings is 1. The maximum atomic E-state index is 13.1. The molecular weight excluding hydrogens is 442 g/mol. The van der Waals surface area contributed by atoms with Gasteiger partial charge in [0, 0.05) is 19.3 Å². The number of nitrogens with zero attached hydrogens (tertiary/aromatic N) is 3. The number of amides is 2. The zero-order chi connectivity index (χ0) is 24.1. The van der Waals surface area contributed by atoms with Crippen molar-refractivity contribution >= 4 is 34.5 Å². The Kier molecular flexibility index (Phi) is 7.83. The van der Waals surface area contributed by atoms with Crippen LogP contribution in [-0.2, 0) is 16.1 Å². The van der Waals surface area contributed by atoms with Crippen LogP contribution in [0.3, 0.4) is 0 Å². The fraction of sp³-hybridized carbons (Fsp3) is 0.348. The van der Waals surface area contributed by atoms with Crippen molar-refractivity contribution in [2.24, 2.45) is 5.73 Å². The Bertz CT molecular complexity index is 1260. The topological polar surface area (TPSA) is 131 Å². The number of primary amides is 1. The molecule has 0 atom stereocenters. The monoisotopic (exact) mass is 469 g/mol. The predicted octanol–water partition coefficient (Wildman–Crippen LogP) is 2.11. The maximum absolute atomic E-state index is 13.1. The summed E-state index contributed by atoms with van der Waals surface area (Å²) in [6.45, 7) is 6.31. The number of para-hydroxylation sites is 1. The van der Waals surface area contributed by atoms with Gasteiger partial charge in [-0.15, -0.1) is 0 Å². The summed E-state index contributed by atoms with van der Waals surface area (Å²) in [4.78, 5) is 50.8. The van der Waals surface area contributed by atoms with E-state index in [-0.39, 0.29) is 23.8 Å². The highest BCUT2D eigenvalue weighted by Crippen LogP contribution is 2.27. The summed E-state index contributed by atoms with van der Waals surface area (Å²) in [5.74, 6) is -0.365. The van der Waals surface area contributed by atoms with Crippen LogP contribution in [0.5, 0.6) is 0 Å². The summed E-state index contributed by atoms with van der Waals surface area (Å²) < 4.78 is 5.15. The number of H-pyrrole nitrogens is 1. The van der Waals surface area contributed by atoms with Crippen LogP contribution in [0.2, 0.25) is 0 Å². The van der Waals surface area contributed by atoms with Gasteiger partial charge in [0.05, 0.1) is 35.4 Å². The molecule has 9 nitrogen and oxygen atoms in total. The first kappa shape index (κ1) is 24.4. The van der Waals surface area contributed by atoms with Crippen molar-refractivity contribution in [1.29, 1.82) is 0 Å². The highest BCUT2D eigenvalue weighted by atomic mass is 32.2. The molecular formula is C23H27N5O4S. The third kappa shape index (κ3) is 5.58. The fourth-order valence-corrected chi connectivity index (χ4v) is 4.45. The number of ether oxygens (including phenoxy) is 1. The third-order valence-corrected chi connectivity index (χ3v) is 6.42. The first-order valence-corrected chi connectivity index (χ1v) is 11.4. The number of aromatic nitrogens is 3. The average Bonchev–Trinajstić information content (AvgIpc) is 2.78. The van der Waals surface area contributed by atoms with Crippen molar-refractivity contribution in [1.82, 2.24) is 19.9 Å². The van der Waals surface area contributed by atoms with Crippen molar-refractivity contribution in [3.05, 3.63) is 62.8 Å². The summed E-state index contributed by atoms with van der Waals surface area (Å²) in [6, 6.07) is 7.03. The van der Waals surface area contributed by atoms with E-state index in [0.717, 1.165) is 28.6 Å². The van der Waals surface area contributed by atoms with Crippen molar-refractivity contribution in [2.45, 2.75) is 32.3 Å². The van der Waals surface area contributed by atoms with E-state index in [1.165, 1.54) is 0 Å². The molecule has 0 saturated carbocycles. The normalized spacial score (nSPS) is 11.0. The van der Waals surface area contributed by atoms with Crippen molar-refractivity contribution < 1.29 is 14.3 Å². The first-order chi connectivity index (χ1) is 15.7. The molecule has 0 saturated heterocycles. The summed E-state index contributed by atoms with van der Waals surface area (Å²) in [5.41, 5.74) is 8.65. The van der Waals surface area contributed by atoms with E-state index >= 15 is 0 Å². The van der Waals surface area contributed by atoms with Crippen LogP contribution in [0.4, 0.5) is 0 Å². The molecule has 0 aliphatic heterocycles. The van der Waals surface area contributed by atoms with E-state index in [9.17, 15) is 14.4 Å². The zero-order valence-corrected chi connectivity index (χ0v) is 19.9. The molecule has 2 amide bonds. The van der Waals surface area contributed by atoms with Crippen LogP contribution in [0.15, 0.2) is 34.1 Å². The van der Waals surface area contributed by atoms with Gasteiger partial charge in [0.2, 0.25) is 5.91 Å². The molecule has 0 radical (unpaired) electrons. The molecule has 1 aromatic carbocycles. The molecule has 2 aromatic heterocycles. The Morgan fingerprint density at radius 3 is 2.58 bits per heavy atom. The number of carbonyl (C=O) groups is 2. The van der Waals surface area contributed by atoms with Crippen LogP contribution in [-0.4, -0.2) is 57.7 Å². The lowest BCUT2D eigenvalue weighted by atomic mass is 10.0. The minimum Gasteiger partial charge on any atom is -0.383 e. The van der Waals surface area contributed by atoms with Gasteiger partial charge in [-0.25, -0.2) is 9.97 Å². The quantitative estimate of drug-likeness (QED) is 0.459. The van der Waals surface area contributed by atoms with Gasteiger partial charge in [0.15, 0.2) is 0 Å². The number of benzene rings is 1. The molecule has 174 valence electrons. The van der Waals surface area contributed by atoms with E-state index < -0.39 is 5.91 Å². The van der Waals surface area contributed by atoms with Crippen LogP contribution in [0.25, 0.3) is 10.9 Å². The molecule has 0 aliphatic carbocycles. The fourth-order valence-electron chi connectivity index (χ4n) is 3.41. The second-order valence-corrected chi connectivity index (χ2v) is 8.58. The summed E-state index contributed by atoms with van der Waals surface area (Å²) in [5, 5.41) is 0.919. The minimum atomic E-state index is -0.577. The van der Waals surface area contributed by atoms with E-state index in [2.05, 4.69) is 15.0 Å². The molecule has 3 aromatic rings. The average molecular weight is 470 g/mol. The number of aryl methyl sites for hydroxylation is 1. The summed E-state index contributed by atoms with van der Waals surface area (Å²) in [6.07, 6.45) is 0. The molecule has 0 spiro atoms. The van der Waals surface area contributed by atoms with Crippen molar-refractivity contribution in [2.75, 3.05) is 26.0 Å². The van der Waals surface area contributed by atoms with Gasteiger partial charge in [-0.05, 0) is 44.0 Å². The van der Waals surface area contributed by atoms with Gasteiger partial charge in [-0.3, -0.25) is 14.4 Å². The second kappa shape index (κ2) is 10.6. The lowest BCUT2D eigenvalue weighted by Crippen LogP contribution is -2.36. The number of carbonyl (C=O) groups excluding carboxylic acids is 2. The molecule has 0 aliphatic rings. The lowest BCUT2D eigenvalue weighted by molar-refractivity contribution is -0.129. The van der Waals surface area contributed by atoms with Crippen molar-refractivity contribution in [3.63, 3.8) is 0 Å². The van der Waals surface area contributed by atoms with E-state index in [0.29, 0.717) is 40.5 Å². The van der Waals surface area contributed by atoms with Crippen LogP contribution < -0.4 is 11.3 Å². The number of rotatable bonds is 9. The minimum absolute atomic E-state index is 0.0384. The Hall–Kier alpha value is -3.24.